The molecule has 0 atom stereocenters. The van der Waals surface area contributed by atoms with E-state index in [1.54, 1.807) is 13.0 Å². The van der Waals surface area contributed by atoms with Gasteiger partial charge in [0.1, 0.15) is 17.3 Å². The van der Waals surface area contributed by atoms with Gasteiger partial charge in [-0.2, -0.15) is 13.2 Å². The van der Waals surface area contributed by atoms with Gasteiger partial charge in [-0.3, -0.25) is 0 Å². The van der Waals surface area contributed by atoms with Crippen LogP contribution in [0, 0.1) is 0 Å². The van der Waals surface area contributed by atoms with Gasteiger partial charge in [0.2, 0.25) is 0 Å². The molecule has 5 nitrogen and oxygen atoms in total. The van der Waals surface area contributed by atoms with Gasteiger partial charge < -0.3 is 18.8 Å². The summed E-state index contributed by atoms with van der Waals surface area (Å²) in [7, 11) is 0. The van der Waals surface area contributed by atoms with E-state index >= 15 is 0 Å². The first-order valence-corrected chi connectivity index (χ1v) is 11.7. The first-order chi connectivity index (χ1) is 16.8. The molecule has 3 aromatic rings. The SMILES string of the molecule is CCOC(=O)COc1ccc2c(c1)CCN(CCc1ccc(-c3ccc(C(F)(F)F)cc3)o1)CC2. The third kappa shape index (κ3) is 6.66. The summed E-state index contributed by atoms with van der Waals surface area (Å²) in [5, 5.41) is 0. The summed E-state index contributed by atoms with van der Waals surface area (Å²) in [6, 6.07) is 14.6. The number of fused-ring (bicyclic) bond motifs is 1. The minimum atomic E-state index is -4.35. The van der Waals surface area contributed by atoms with Crippen LogP contribution in [0.25, 0.3) is 11.3 Å². The Hall–Kier alpha value is -3.26. The summed E-state index contributed by atoms with van der Waals surface area (Å²) in [6.45, 7) is 4.62. The lowest BCUT2D eigenvalue weighted by Gasteiger charge is -2.18. The van der Waals surface area contributed by atoms with Crippen LogP contribution in [0.4, 0.5) is 13.2 Å². The molecule has 0 saturated heterocycles. The molecular formula is C27H28F3NO4. The number of halogens is 3. The number of carbonyl (C=O) groups is 1. The molecule has 0 fully saturated rings. The van der Waals surface area contributed by atoms with Crippen molar-refractivity contribution in [3.8, 4) is 17.1 Å². The fraction of sp³-hybridized carbons (Fsp3) is 0.370. The van der Waals surface area contributed by atoms with Crippen molar-refractivity contribution in [2.24, 2.45) is 0 Å². The van der Waals surface area contributed by atoms with Crippen LogP contribution < -0.4 is 4.74 Å². The average molecular weight is 488 g/mol. The molecule has 1 aromatic heterocycles. The predicted octanol–water partition coefficient (Wildman–Crippen LogP) is 5.55. The largest absolute Gasteiger partial charge is 0.482 e. The van der Waals surface area contributed by atoms with Crippen molar-refractivity contribution in [1.29, 1.82) is 0 Å². The predicted molar refractivity (Wildman–Crippen MR) is 125 cm³/mol. The van der Waals surface area contributed by atoms with Crippen LogP contribution in [0.2, 0.25) is 0 Å². The number of furan rings is 1. The van der Waals surface area contributed by atoms with Crippen LogP contribution >= 0.6 is 0 Å². The maximum Gasteiger partial charge on any atom is 0.416 e. The molecule has 2 heterocycles. The number of ether oxygens (including phenoxy) is 2. The highest BCUT2D eigenvalue weighted by Crippen LogP contribution is 2.31. The van der Waals surface area contributed by atoms with Crippen molar-refractivity contribution >= 4 is 5.97 Å². The third-order valence-corrected chi connectivity index (χ3v) is 6.07. The Morgan fingerprint density at radius 1 is 1.00 bits per heavy atom. The highest BCUT2D eigenvalue weighted by atomic mass is 19.4. The van der Waals surface area contributed by atoms with Crippen molar-refractivity contribution in [1.82, 2.24) is 4.90 Å². The van der Waals surface area contributed by atoms with Crippen LogP contribution in [-0.2, 0) is 35.0 Å². The summed E-state index contributed by atoms with van der Waals surface area (Å²) >= 11 is 0. The van der Waals surface area contributed by atoms with Crippen LogP contribution in [0.1, 0.15) is 29.4 Å². The Morgan fingerprint density at radius 2 is 1.74 bits per heavy atom. The Labute approximate surface area is 202 Å². The normalized spacial score (nSPS) is 14.3. The van der Waals surface area contributed by atoms with Gasteiger partial charge in [0.15, 0.2) is 6.61 Å². The van der Waals surface area contributed by atoms with E-state index in [0.29, 0.717) is 30.1 Å². The average Bonchev–Trinajstić information content (AvgIpc) is 3.22. The molecule has 186 valence electrons. The van der Waals surface area contributed by atoms with E-state index in [2.05, 4.69) is 11.0 Å². The fourth-order valence-corrected chi connectivity index (χ4v) is 4.17. The second-order valence-corrected chi connectivity index (χ2v) is 8.46. The minimum absolute atomic E-state index is 0.101. The number of hydrogen-bond donors (Lipinski definition) is 0. The zero-order chi connectivity index (χ0) is 24.8. The van der Waals surface area contributed by atoms with Crippen LogP contribution in [-0.4, -0.2) is 43.7 Å². The van der Waals surface area contributed by atoms with Gasteiger partial charge in [0.25, 0.3) is 0 Å². The van der Waals surface area contributed by atoms with Gasteiger partial charge in [-0.05, 0) is 67.3 Å². The van der Waals surface area contributed by atoms with E-state index < -0.39 is 11.7 Å². The summed E-state index contributed by atoms with van der Waals surface area (Å²) < 4.78 is 54.7. The maximum atomic E-state index is 12.8. The summed E-state index contributed by atoms with van der Waals surface area (Å²) in [5.74, 6) is 1.65. The number of hydrogen-bond acceptors (Lipinski definition) is 5. The number of benzene rings is 2. The van der Waals surface area contributed by atoms with Crippen molar-refractivity contribution in [2.45, 2.75) is 32.4 Å². The van der Waals surface area contributed by atoms with E-state index in [9.17, 15) is 18.0 Å². The Kier molecular flexibility index (Phi) is 7.80. The molecule has 1 aliphatic rings. The lowest BCUT2D eigenvalue weighted by molar-refractivity contribution is -0.145. The molecular weight excluding hydrogens is 459 g/mol. The number of carbonyl (C=O) groups excluding carboxylic acids is 1. The molecule has 0 bridgehead atoms. The van der Waals surface area contributed by atoms with E-state index in [4.69, 9.17) is 13.9 Å². The molecule has 0 spiro atoms. The van der Waals surface area contributed by atoms with E-state index in [-0.39, 0.29) is 12.6 Å². The lowest BCUT2D eigenvalue weighted by Crippen LogP contribution is -2.28. The maximum absolute atomic E-state index is 12.8. The number of alkyl halides is 3. The zero-order valence-corrected chi connectivity index (χ0v) is 19.6. The highest BCUT2D eigenvalue weighted by molar-refractivity contribution is 5.71. The fourth-order valence-electron chi connectivity index (χ4n) is 4.17. The lowest BCUT2D eigenvalue weighted by atomic mass is 10.0. The monoisotopic (exact) mass is 487 g/mol. The van der Waals surface area contributed by atoms with Gasteiger partial charge in [-0.1, -0.05) is 18.2 Å². The minimum Gasteiger partial charge on any atom is -0.482 e. The molecule has 0 N–H and O–H groups in total. The molecule has 8 heteroatoms. The Morgan fingerprint density at radius 3 is 2.46 bits per heavy atom. The molecule has 0 aliphatic carbocycles. The number of nitrogens with zero attached hydrogens (tertiary/aromatic N) is 1. The van der Waals surface area contributed by atoms with Gasteiger partial charge in [-0.15, -0.1) is 0 Å². The van der Waals surface area contributed by atoms with Crippen LogP contribution in [0.15, 0.2) is 59.0 Å². The van der Waals surface area contributed by atoms with Crippen molar-refractivity contribution in [3.05, 3.63) is 77.0 Å². The molecule has 1 aliphatic heterocycles. The molecule has 2 aromatic carbocycles. The molecule has 4 rings (SSSR count). The first-order valence-electron chi connectivity index (χ1n) is 11.7. The summed E-state index contributed by atoms with van der Waals surface area (Å²) in [6.07, 6.45) is -1.84. The van der Waals surface area contributed by atoms with Crippen molar-refractivity contribution in [3.63, 3.8) is 0 Å². The Balaban J connectivity index is 1.29. The highest BCUT2D eigenvalue weighted by Gasteiger charge is 2.30. The Bertz CT molecular complexity index is 1140. The zero-order valence-electron chi connectivity index (χ0n) is 19.6. The summed E-state index contributed by atoms with van der Waals surface area (Å²) in [5.41, 5.74) is 2.44. The van der Waals surface area contributed by atoms with Gasteiger partial charge >= 0.3 is 12.1 Å². The van der Waals surface area contributed by atoms with Gasteiger partial charge in [0, 0.05) is 31.6 Å². The smallest absolute Gasteiger partial charge is 0.416 e. The number of rotatable bonds is 8. The molecule has 0 unspecified atom stereocenters. The third-order valence-electron chi connectivity index (χ3n) is 6.07. The van der Waals surface area contributed by atoms with Crippen molar-refractivity contribution < 1.29 is 31.9 Å². The van der Waals surface area contributed by atoms with Gasteiger partial charge in [0.05, 0.1) is 12.2 Å². The summed E-state index contributed by atoms with van der Waals surface area (Å²) in [4.78, 5) is 13.9. The second kappa shape index (κ2) is 11.0. The standard InChI is InChI=1S/C27H28F3NO4/c1-2-33-26(32)18-34-24-8-5-19-11-14-31(15-12-21(19)17-24)16-13-23-9-10-25(35-23)20-3-6-22(7-4-20)27(28,29)30/h3-10,17H,2,11-16,18H2,1H3. The first kappa shape index (κ1) is 24.9. The second-order valence-electron chi connectivity index (χ2n) is 8.46. The van der Waals surface area contributed by atoms with E-state index in [0.717, 1.165) is 50.4 Å². The van der Waals surface area contributed by atoms with Crippen molar-refractivity contribution in [2.75, 3.05) is 32.8 Å². The van der Waals surface area contributed by atoms with E-state index in [1.807, 2.05) is 18.2 Å². The molecule has 0 amide bonds. The quantitative estimate of drug-likeness (QED) is 0.390. The van der Waals surface area contributed by atoms with Crippen LogP contribution in [0.5, 0.6) is 5.75 Å². The topological polar surface area (TPSA) is 51.9 Å². The number of esters is 1. The van der Waals surface area contributed by atoms with Gasteiger partial charge in [-0.25, -0.2) is 4.79 Å². The van der Waals surface area contributed by atoms with Crippen LogP contribution in [0.3, 0.4) is 0 Å². The molecule has 0 saturated carbocycles. The molecule has 35 heavy (non-hydrogen) atoms. The van der Waals surface area contributed by atoms with E-state index in [1.165, 1.54) is 23.3 Å². The molecule has 0 radical (unpaired) electrons.